The molecular formula is C22H21FN4O3. The molecule has 7 nitrogen and oxygen atoms in total. The zero-order valence-electron chi connectivity index (χ0n) is 16.6. The van der Waals surface area contributed by atoms with Crippen LogP contribution in [0.4, 0.5) is 15.8 Å². The van der Waals surface area contributed by atoms with Gasteiger partial charge in [0.15, 0.2) is 0 Å². The standard InChI is InChI=1S/C22H21FN4O3/c1-3-20(28)25-19-12-18(15-10-8-14(2)9-11-15)26-27(22(19)30)13-21(29)24-17-7-5-4-6-16(17)23/h4-12H,3,13H2,1-2H3,(H,24,29)(H,25,28). The minimum absolute atomic E-state index is 0.00440. The first-order valence-corrected chi connectivity index (χ1v) is 9.41. The fraction of sp³-hybridized carbons (Fsp3) is 0.182. The van der Waals surface area contributed by atoms with Gasteiger partial charge in [0.05, 0.1) is 11.4 Å². The smallest absolute Gasteiger partial charge is 0.291 e. The number of carbonyl (C=O) groups is 2. The number of carbonyl (C=O) groups excluding carboxylic acids is 2. The van der Waals surface area contributed by atoms with Crippen LogP contribution in [-0.2, 0) is 16.1 Å². The summed E-state index contributed by atoms with van der Waals surface area (Å²) in [7, 11) is 0. The number of rotatable bonds is 6. The van der Waals surface area contributed by atoms with Gasteiger partial charge in [-0.2, -0.15) is 5.10 Å². The highest BCUT2D eigenvalue weighted by Crippen LogP contribution is 2.19. The van der Waals surface area contributed by atoms with E-state index >= 15 is 0 Å². The maximum Gasteiger partial charge on any atom is 0.291 e. The van der Waals surface area contributed by atoms with Gasteiger partial charge in [0.25, 0.3) is 5.56 Å². The average Bonchev–Trinajstić information content (AvgIpc) is 2.73. The number of hydrogen-bond donors (Lipinski definition) is 2. The number of nitrogens with one attached hydrogen (secondary N) is 2. The topological polar surface area (TPSA) is 93.1 Å². The summed E-state index contributed by atoms with van der Waals surface area (Å²) in [5, 5.41) is 9.24. The van der Waals surface area contributed by atoms with Gasteiger partial charge in [0.2, 0.25) is 11.8 Å². The second kappa shape index (κ2) is 9.13. The van der Waals surface area contributed by atoms with Gasteiger partial charge in [-0.3, -0.25) is 14.4 Å². The molecule has 0 atom stereocenters. The number of anilines is 2. The lowest BCUT2D eigenvalue weighted by molar-refractivity contribution is -0.117. The normalized spacial score (nSPS) is 10.5. The third-order valence-electron chi connectivity index (χ3n) is 4.36. The Morgan fingerprint density at radius 2 is 1.67 bits per heavy atom. The second-order valence-corrected chi connectivity index (χ2v) is 6.70. The quantitative estimate of drug-likeness (QED) is 0.654. The fourth-order valence-corrected chi connectivity index (χ4v) is 2.73. The average molecular weight is 408 g/mol. The first-order valence-electron chi connectivity index (χ1n) is 9.41. The Morgan fingerprint density at radius 3 is 2.33 bits per heavy atom. The molecule has 0 aliphatic carbocycles. The zero-order valence-corrected chi connectivity index (χ0v) is 16.6. The lowest BCUT2D eigenvalue weighted by atomic mass is 10.1. The molecule has 2 N–H and O–H groups in total. The molecule has 0 aliphatic heterocycles. The van der Waals surface area contributed by atoms with Gasteiger partial charge in [0.1, 0.15) is 18.0 Å². The van der Waals surface area contributed by atoms with Crippen LogP contribution in [0, 0.1) is 12.7 Å². The van der Waals surface area contributed by atoms with Crippen LogP contribution in [-0.4, -0.2) is 21.6 Å². The summed E-state index contributed by atoms with van der Waals surface area (Å²) in [6, 6.07) is 14.6. The van der Waals surface area contributed by atoms with E-state index in [0.717, 1.165) is 15.8 Å². The molecule has 0 spiro atoms. The lowest BCUT2D eigenvalue weighted by Gasteiger charge is -2.12. The number of para-hydroxylation sites is 1. The third-order valence-corrected chi connectivity index (χ3v) is 4.36. The summed E-state index contributed by atoms with van der Waals surface area (Å²) in [4.78, 5) is 37.0. The van der Waals surface area contributed by atoms with E-state index < -0.39 is 23.8 Å². The molecule has 0 fully saturated rings. The highest BCUT2D eigenvalue weighted by Gasteiger charge is 2.15. The third kappa shape index (κ3) is 4.96. The van der Waals surface area contributed by atoms with Crippen LogP contribution in [0.3, 0.4) is 0 Å². The number of benzene rings is 2. The van der Waals surface area contributed by atoms with Crippen LogP contribution in [0.15, 0.2) is 59.4 Å². The van der Waals surface area contributed by atoms with Crippen LogP contribution in [0.2, 0.25) is 0 Å². The Bertz CT molecular complexity index is 1140. The van der Waals surface area contributed by atoms with Crippen molar-refractivity contribution < 1.29 is 14.0 Å². The zero-order chi connectivity index (χ0) is 21.7. The number of aromatic nitrogens is 2. The summed E-state index contributed by atoms with van der Waals surface area (Å²) in [5.41, 5.74) is 1.58. The molecule has 0 bridgehead atoms. The van der Waals surface area contributed by atoms with E-state index in [1.807, 2.05) is 31.2 Å². The molecule has 154 valence electrons. The second-order valence-electron chi connectivity index (χ2n) is 6.70. The van der Waals surface area contributed by atoms with Crippen LogP contribution < -0.4 is 16.2 Å². The number of nitrogens with zero attached hydrogens (tertiary/aromatic N) is 2. The van der Waals surface area contributed by atoms with Crippen molar-refractivity contribution in [2.45, 2.75) is 26.8 Å². The fourth-order valence-electron chi connectivity index (χ4n) is 2.73. The summed E-state index contributed by atoms with van der Waals surface area (Å²) in [5.74, 6) is -1.55. The number of amides is 2. The van der Waals surface area contributed by atoms with E-state index in [1.165, 1.54) is 24.3 Å². The van der Waals surface area contributed by atoms with E-state index in [2.05, 4.69) is 15.7 Å². The SMILES string of the molecule is CCC(=O)Nc1cc(-c2ccc(C)cc2)nn(CC(=O)Nc2ccccc2F)c1=O. The first kappa shape index (κ1) is 20.9. The molecule has 3 aromatic rings. The molecule has 2 aromatic carbocycles. The Balaban J connectivity index is 1.96. The molecule has 2 amide bonds. The molecule has 1 aromatic heterocycles. The Hall–Kier alpha value is -3.81. The van der Waals surface area contributed by atoms with E-state index in [-0.39, 0.29) is 23.7 Å². The van der Waals surface area contributed by atoms with E-state index in [0.29, 0.717) is 5.69 Å². The monoisotopic (exact) mass is 408 g/mol. The molecule has 0 aliphatic rings. The summed E-state index contributed by atoms with van der Waals surface area (Å²) < 4.78 is 14.7. The Labute approximate surface area is 172 Å². The van der Waals surface area contributed by atoms with Crippen molar-refractivity contribution >= 4 is 23.2 Å². The maximum absolute atomic E-state index is 13.8. The minimum atomic E-state index is -0.628. The molecule has 0 saturated heterocycles. The molecule has 1 heterocycles. The van der Waals surface area contributed by atoms with Crippen molar-refractivity contribution in [1.82, 2.24) is 9.78 Å². The molecule has 0 unspecified atom stereocenters. The van der Waals surface area contributed by atoms with Crippen molar-refractivity contribution in [3.05, 3.63) is 76.3 Å². The minimum Gasteiger partial charge on any atom is -0.322 e. The van der Waals surface area contributed by atoms with Crippen LogP contribution in [0.1, 0.15) is 18.9 Å². The predicted octanol–water partition coefficient (Wildman–Crippen LogP) is 3.35. The summed E-state index contributed by atoms with van der Waals surface area (Å²) in [6.45, 7) is 3.16. The maximum atomic E-state index is 13.8. The van der Waals surface area contributed by atoms with Crippen molar-refractivity contribution in [2.75, 3.05) is 10.6 Å². The van der Waals surface area contributed by atoms with Gasteiger partial charge >= 0.3 is 0 Å². The molecule has 0 radical (unpaired) electrons. The predicted molar refractivity (Wildman–Crippen MR) is 113 cm³/mol. The van der Waals surface area contributed by atoms with Crippen LogP contribution in [0.5, 0.6) is 0 Å². The van der Waals surface area contributed by atoms with Crippen molar-refractivity contribution in [3.8, 4) is 11.3 Å². The molecule has 8 heteroatoms. The molecule has 30 heavy (non-hydrogen) atoms. The molecule has 0 saturated carbocycles. The van der Waals surface area contributed by atoms with Crippen molar-refractivity contribution in [3.63, 3.8) is 0 Å². The van der Waals surface area contributed by atoms with Gasteiger partial charge < -0.3 is 10.6 Å². The van der Waals surface area contributed by atoms with Gasteiger partial charge in [-0.25, -0.2) is 9.07 Å². The Morgan fingerprint density at radius 1 is 1.00 bits per heavy atom. The van der Waals surface area contributed by atoms with Crippen molar-refractivity contribution in [2.24, 2.45) is 0 Å². The van der Waals surface area contributed by atoms with Gasteiger partial charge in [-0.05, 0) is 25.1 Å². The number of aryl methyl sites for hydroxylation is 1. The van der Waals surface area contributed by atoms with Gasteiger partial charge in [-0.15, -0.1) is 0 Å². The molecular weight excluding hydrogens is 387 g/mol. The lowest BCUT2D eigenvalue weighted by Crippen LogP contribution is -2.32. The van der Waals surface area contributed by atoms with Crippen LogP contribution >= 0.6 is 0 Å². The van der Waals surface area contributed by atoms with Crippen molar-refractivity contribution in [1.29, 1.82) is 0 Å². The van der Waals surface area contributed by atoms with E-state index in [1.54, 1.807) is 13.0 Å². The largest absolute Gasteiger partial charge is 0.322 e. The van der Waals surface area contributed by atoms with Gasteiger partial charge in [-0.1, -0.05) is 48.9 Å². The van der Waals surface area contributed by atoms with E-state index in [9.17, 15) is 18.8 Å². The highest BCUT2D eigenvalue weighted by molar-refractivity contribution is 5.92. The van der Waals surface area contributed by atoms with E-state index in [4.69, 9.17) is 0 Å². The number of hydrogen-bond acceptors (Lipinski definition) is 4. The summed E-state index contributed by atoms with van der Waals surface area (Å²) in [6.07, 6.45) is 0.190. The Kier molecular flexibility index (Phi) is 6.36. The molecule has 3 rings (SSSR count). The number of halogens is 1. The van der Waals surface area contributed by atoms with Crippen LogP contribution in [0.25, 0.3) is 11.3 Å². The highest BCUT2D eigenvalue weighted by atomic mass is 19.1. The summed E-state index contributed by atoms with van der Waals surface area (Å²) >= 11 is 0. The van der Waals surface area contributed by atoms with Gasteiger partial charge in [0, 0.05) is 12.0 Å². The first-order chi connectivity index (χ1) is 14.4.